The number of non-ortho nitro benzene ring substituents is 1. The van der Waals surface area contributed by atoms with Gasteiger partial charge in [-0.3, -0.25) is 10.1 Å². The molecule has 254 valence electrons. The monoisotopic (exact) mass is 670 g/mol. The Morgan fingerprint density at radius 3 is 1.36 bits per heavy atom. The first-order valence-electron chi connectivity index (χ1n) is 16.6. The number of nitriles is 1. The Balaban J connectivity index is 0.926. The van der Waals surface area contributed by atoms with E-state index in [1.807, 2.05) is 84.9 Å². The van der Waals surface area contributed by atoms with Crippen molar-refractivity contribution in [3.63, 3.8) is 0 Å². The van der Waals surface area contributed by atoms with E-state index in [0.29, 0.717) is 43.3 Å². The number of hydrogen-bond acceptors (Lipinski definition) is 8. The maximum Gasteiger partial charge on any atom is 0.338 e. The summed E-state index contributed by atoms with van der Waals surface area (Å²) < 4.78 is 22.8. The van der Waals surface area contributed by atoms with Crippen LogP contribution in [-0.4, -0.2) is 37.3 Å². The fourth-order valence-electron chi connectivity index (χ4n) is 5.09. The van der Waals surface area contributed by atoms with Crippen LogP contribution in [0.2, 0.25) is 0 Å². The lowest BCUT2D eigenvalue weighted by atomic mass is 10.0. The number of carbonyl (C=O) groups is 1. The van der Waals surface area contributed by atoms with Crippen molar-refractivity contribution in [2.45, 2.75) is 32.1 Å². The maximum absolute atomic E-state index is 12.5. The second kappa shape index (κ2) is 18.4. The zero-order valence-electron chi connectivity index (χ0n) is 27.7. The smallest absolute Gasteiger partial charge is 0.338 e. The van der Waals surface area contributed by atoms with E-state index in [-0.39, 0.29) is 11.7 Å². The molecule has 9 nitrogen and oxygen atoms in total. The number of nitro groups is 1. The summed E-state index contributed by atoms with van der Waals surface area (Å²) in [6, 6.07) is 38.8. The summed E-state index contributed by atoms with van der Waals surface area (Å²) in [6.45, 7) is 1.99. The first-order valence-corrected chi connectivity index (χ1v) is 16.6. The molecule has 0 heterocycles. The van der Waals surface area contributed by atoms with E-state index < -0.39 is 4.92 Å². The molecule has 50 heavy (non-hydrogen) atoms. The topological polar surface area (TPSA) is 121 Å². The quantitative estimate of drug-likeness (QED) is 0.0391. The second-order valence-electron chi connectivity index (χ2n) is 11.5. The summed E-state index contributed by atoms with van der Waals surface area (Å²) in [6.07, 6.45) is 4.09. The van der Waals surface area contributed by atoms with Crippen LogP contribution in [0.15, 0.2) is 121 Å². The summed E-state index contributed by atoms with van der Waals surface area (Å²) in [7, 11) is 0. The fourth-order valence-corrected chi connectivity index (χ4v) is 5.09. The van der Waals surface area contributed by atoms with Gasteiger partial charge >= 0.3 is 5.97 Å². The number of nitro benzene ring substituents is 1. The van der Waals surface area contributed by atoms with Crippen LogP contribution in [0.5, 0.6) is 17.2 Å². The van der Waals surface area contributed by atoms with Crippen LogP contribution >= 0.6 is 0 Å². The normalized spacial score (nSPS) is 10.5. The van der Waals surface area contributed by atoms with E-state index in [1.54, 1.807) is 24.3 Å². The molecule has 0 bridgehead atoms. The number of unbranched alkanes of at least 4 members (excludes halogenated alkanes) is 3. The largest absolute Gasteiger partial charge is 0.494 e. The van der Waals surface area contributed by atoms with Crippen molar-refractivity contribution < 1.29 is 28.7 Å². The first kappa shape index (κ1) is 35.2. The number of benzene rings is 5. The van der Waals surface area contributed by atoms with Crippen LogP contribution in [-0.2, 0) is 4.74 Å². The lowest BCUT2D eigenvalue weighted by Gasteiger charge is -2.09. The van der Waals surface area contributed by atoms with Gasteiger partial charge in [0.05, 0.1) is 48.5 Å². The minimum Gasteiger partial charge on any atom is -0.494 e. The van der Waals surface area contributed by atoms with Gasteiger partial charge in [-0.2, -0.15) is 5.26 Å². The molecular formula is C41H38N2O7. The molecule has 5 aromatic rings. The van der Waals surface area contributed by atoms with Crippen molar-refractivity contribution in [1.82, 2.24) is 0 Å². The predicted octanol–water partition coefficient (Wildman–Crippen LogP) is 9.44. The second-order valence-corrected chi connectivity index (χ2v) is 11.5. The van der Waals surface area contributed by atoms with E-state index in [0.717, 1.165) is 65.9 Å². The van der Waals surface area contributed by atoms with E-state index in [1.165, 1.54) is 12.1 Å². The van der Waals surface area contributed by atoms with E-state index in [2.05, 4.69) is 6.07 Å². The molecule has 0 radical (unpaired) electrons. The highest BCUT2D eigenvalue weighted by molar-refractivity contribution is 5.90. The lowest BCUT2D eigenvalue weighted by molar-refractivity contribution is -0.384. The lowest BCUT2D eigenvalue weighted by Crippen LogP contribution is -2.07. The van der Waals surface area contributed by atoms with Crippen molar-refractivity contribution >= 4 is 11.7 Å². The fraction of sp³-hybridized carbons (Fsp3) is 0.220. The summed E-state index contributed by atoms with van der Waals surface area (Å²) in [4.78, 5) is 22.8. The van der Waals surface area contributed by atoms with Crippen molar-refractivity contribution in [2.75, 3.05) is 26.4 Å². The molecule has 0 N–H and O–H groups in total. The molecular weight excluding hydrogens is 632 g/mol. The molecule has 0 fully saturated rings. The highest BCUT2D eigenvalue weighted by Crippen LogP contribution is 2.25. The highest BCUT2D eigenvalue weighted by atomic mass is 16.6. The molecule has 0 unspecified atom stereocenters. The first-order chi connectivity index (χ1) is 24.5. The average Bonchev–Trinajstić information content (AvgIpc) is 3.16. The Kier molecular flexibility index (Phi) is 13.0. The molecule has 0 saturated heterocycles. The molecule has 0 aromatic heterocycles. The highest BCUT2D eigenvalue weighted by Gasteiger charge is 2.09. The van der Waals surface area contributed by atoms with E-state index >= 15 is 0 Å². The number of carbonyl (C=O) groups excluding carboxylic acids is 1. The Bertz CT molecular complexity index is 1850. The van der Waals surface area contributed by atoms with Gasteiger partial charge in [0.15, 0.2) is 0 Å². The molecule has 5 aromatic carbocycles. The maximum atomic E-state index is 12.5. The van der Waals surface area contributed by atoms with Gasteiger partial charge in [-0.15, -0.1) is 0 Å². The van der Waals surface area contributed by atoms with Gasteiger partial charge in [0.25, 0.3) is 5.69 Å². The number of ether oxygens (including phenoxy) is 4. The molecule has 0 aliphatic carbocycles. The Labute approximate surface area is 291 Å². The minimum atomic E-state index is -0.436. The number of nitrogens with zero attached hydrogens (tertiary/aromatic N) is 2. The van der Waals surface area contributed by atoms with Gasteiger partial charge in [-0.25, -0.2) is 4.79 Å². The molecule has 0 spiro atoms. The van der Waals surface area contributed by atoms with Gasteiger partial charge in [0.2, 0.25) is 0 Å². The molecule has 0 aliphatic heterocycles. The van der Waals surface area contributed by atoms with Gasteiger partial charge in [0.1, 0.15) is 17.2 Å². The van der Waals surface area contributed by atoms with Crippen molar-refractivity contribution in [3.8, 4) is 45.6 Å². The van der Waals surface area contributed by atoms with Gasteiger partial charge < -0.3 is 18.9 Å². The van der Waals surface area contributed by atoms with Crippen LogP contribution in [0.3, 0.4) is 0 Å². The van der Waals surface area contributed by atoms with Crippen LogP contribution in [0.1, 0.15) is 48.0 Å². The van der Waals surface area contributed by atoms with Gasteiger partial charge in [-0.1, -0.05) is 48.5 Å². The third kappa shape index (κ3) is 10.7. The molecule has 5 rings (SSSR count). The van der Waals surface area contributed by atoms with Crippen LogP contribution in [0.4, 0.5) is 5.69 Å². The standard InChI is InChI=1S/C41H38N2O7/c42-30-31-6-8-32(9-7-31)34-14-20-38(21-15-34)47-26-2-1-3-29-50-41(44)36-12-10-33(11-13-36)35-16-22-39(23-17-35)48-27-4-5-28-49-40-24-18-37(19-25-40)43(45)46/h6-25H,1-5,26-29H2. The molecule has 0 amide bonds. The van der Waals surface area contributed by atoms with Crippen molar-refractivity contribution in [2.24, 2.45) is 0 Å². The zero-order chi connectivity index (χ0) is 35.0. The third-order valence-electron chi connectivity index (χ3n) is 7.92. The van der Waals surface area contributed by atoms with Crippen LogP contribution in [0, 0.1) is 21.4 Å². The zero-order valence-corrected chi connectivity index (χ0v) is 27.7. The molecule has 0 aliphatic rings. The molecule has 9 heteroatoms. The predicted molar refractivity (Wildman–Crippen MR) is 191 cm³/mol. The average molecular weight is 671 g/mol. The third-order valence-corrected chi connectivity index (χ3v) is 7.92. The number of esters is 1. The Morgan fingerprint density at radius 2 is 0.920 bits per heavy atom. The Hall–Kier alpha value is -6.14. The summed E-state index contributed by atoms with van der Waals surface area (Å²) in [5.74, 6) is 1.84. The van der Waals surface area contributed by atoms with Crippen molar-refractivity contribution in [1.29, 1.82) is 5.26 Å². The SMILES string of the molecule is N#Cc1ccc(-c2ccc(OCCCCCOC(=O)c3ccc(-c4ccc(OCCCCOc5ccc([N+](=O)[O-])cc5)cc4)cc3)cc2)cc1. The summed E-state index contributed by atoms with van der Waals surface area (Å²) in [5.41, 5.74) is 5.31. The number of rotatable bonds is 18. The number of hydrogen-bond donors (Lipinski definition) is 0. The molecule has 0 atom stereocenters. The van der Waals surface area contributed by atoms with Gasteiger partial charge in [0, 0.05) is 12.1 Å². The van der Waals surface area contributed by atoms with Crippen LogP contribution in [0.25, 0.3) is 22.3 Å². The van der Waals surface area contributed by atoms with Crippen LogP contribution < -0.4 is 14.2 Å². The molecule has 0 saturated carbocycles. The van der Waals surface area contributed by atoms with Gasteiger partial charge in [-0.05, 0) is 115 Å². The Morgan fingerprint density at radius 1 is 0.540 bits per heavy atom. The minimum absolute atomic E-state index is 0.0390. The summed E-state index contributed by atoms with van der Waals surface area (Å²) in [5, 5.41) is 19.7. The van der Waals surface area contributed by atoms with Crippen molar-refractivity contribution in [3.05, 3.63) is 143 Å². The van der Waals surface area contributed by atoms with E-state index in [4.69, 9.17) is 24.2 Å². The van der Waals surface area contributed by atoms with E-state index in [9.17, 15) is 14.9 Å². The summed E-state index contributed by atoms with van der Waals surface area (Å²) >= 11 is 0.